The van der Waals surface area contributed by atoms with Gasteiger partial charge in [-0.3, -0.25) is 14.4 Å². The summed E-state index contributed by atoms with van der Waals surface area (Å²) in [5, 5.41) is 5.82. The number of nitrogens with one attached hydrogen (secondary N) is 2. The number of carbonyl (C=O) groups is 4. The van der Waals surface area contributed by atoms with Crippen LogP contribution in [0.2, 0.25) is 0 Å². The average Bonchev–Trinajstić information content (AvgIpc) is 3.23. The zero-order valence-corrected chi connectivity index (χ0v) is 21.8. The van der Waals surface area contributed by atoms with Crippen molar-refractivity contribution in [1.29, 1.82) is 0 Å². The van der Waals surface area contributed by atoms with E-state index >= 15 is 0 Å². The minimum absolute atomic E-state index is 0.135. The van der Waals surface area contributed by atoms with Gasteiger partial charge in [0.25, 0.3) is 17.7 Å². The number of benzene rings is 4. The second-order valence-electron chi connectivity index (χ2n) is 9.37. The summed E-state index contributed by atoms with van der Waals surface area (Å²) in [6.07, 6.45) is 0. The smallest absolute Gasteiger partial charge is 0.337 e. The molecule has 8 heteroatoms. The molecule has 0 spiro atoms. The summed E-state index contributed by atoms with van der Waals surface area (Å²) in [5.41, 5.74) is 1.45. The van der Waals surface area contributed by atoms with Crippen LogP contribution < -0.4 is 15.5 Å². The molecule has 4 aromatic rings. The maximum atomic E-state index is 14.3. The van der Waals surface area contributed by atoms with Crippen molar-refractivity contribution in [2.75, 3.05) is 18.6 Å². The molecule has 40 heavy (non-hydrogen) atoms. The van der Waals surface area contributed by atoms with Crippen LogP contribution in [0.3, 0.4) is 0 Å². The van der Waals surface area contributed by atoms with Gasteiger partial charge in [0, 0.05) is 16.7 Å². The fraction of sp³-hybridized carbons (Fsp3) is 0.125. The maximum Gasteiger partial charge on any atom is 0.337 e. The van der Waals surface area contributed by atoms with Crippen LogP contribution in [-0.2, 0) is 21.6 Å². The summed E-state index contributed by atoms with van der Waals surface area (Å²) < 4.78 is 4.84. The van der Waals surface area contributed by atoms with Crippen LogP contribution >= 0.6 is 0 Å². The van der Waals surface area contributed by atoms with Crippen LogP contribution in [0.5, 0.6) is 0 Å². The van der Waals surface area contributed by atoms with E-state index in [1.54, 1.807) is 95.9 Å². The van der Waals surface area contributed by atoms with E-state index in [1.807, 2.05) is 18.2 Å². The third kappa shape index (κ3) is 5.07. The quantitative estimate of drug-likeness (QED) is 0.332. The molecule has 0 radical (unpaired) electrons. The van der Waals surface area contributed by atoms with E-state index in [4.69, 9.17) is 4.74 Å². The summed E-state index contributed by atoms with van der Waals surface area (Å²) in [6.45, 7) is -0.0376. The number of hydrogen-bond donors (Lipinski definition) is 2. The van der Waals surface area contributed by atoms with Gasteiger partial charge in [-0.05, 0) is 48.0 Å². The third-order valence-electron chi connectivity index (χ3n) is 6.87. The molecule has 1 unspecified atom stereocenters. The molecule has 1 aliphatic heterocycles. The molecule has 1 aliphatic rings. The molecular weight excluding hydrogens is 506 g/mol. The Morgan fingerprint density at radius 1 is 0.750 bits per heavy atom. The van der Waals surface area contributed by atoms with E-state index < -0.39 is 23.3 Å². The molecule has 2 N–H and O–H groups in total. The monoisotopic (exact) mass is 533 g/mol. The first-order valence-electron chi connectivity index (χ1n) is 12.7. The summed E-state index contributed by atoms with van der Waals surface area (Å²) in [6, 6.07) is 31.3. The SMILES string of the molecule is COC(=O)c1cccc(CN2C(=O)C(CNC(=O)c3ccccc3)(NC(=O)c3ccccc3)c3ccccc32)c1. The summed E-state index contributed by atoms with van der Waals surface area (Å²) in [4.78, 5) is 54.5. The van der Waals surface area contributed by atoms with Crippen molar-refractivity contribution in [3.8, 4) is 0 Å². The molecule has 4 aromatic carbocycles. The Balaban J connectivity index is 1.53. The molecule has 1 atom stereocenters. The van der Waals surface area contributed by atoms with E-state index in [0.717, 1.165) is 0 Å². The summed E-state index contributed by atoms with van der Waals surface area (Å²) in [5.74, 6) is -1.71. The highest BCUT2D eigenvalue weighted by Gasteiger charge is 2.52. The maximum absolute atomic E-state index is 14.3. The lowest BCUT2D eigenvalue weighted by Gasteiger charge is -2.30. The van der Waals surface area contributed by atoms with E-state index in [0.29, 0.717) is 33.5 Å². The number of hydrogen-bond acceptors (Lipinski definition) is 5. The number of anilines is 1. The lowest BCUT2D eigenvalue weighted by Crippen LogP contribution is -2.58. The Bertz CT molecular complexity index is 1570. The van der Waals surface area contributed by atoms with Crippen LogP contribution in [0.1, 0.15) is 42.2 Å². The highest BCUT2D eigenvalue weighted by molar-refractivity contribution is 6.11. The third-order valence-corrected chi connectivity index (χ3v) is 6.87. The topological polar surface area (TPSA) is 105 Å². The minimum Gasteiger partial charge on any atom is -0.465 e. The number of ether oxygens (including phenoxy) is 1. The van der Waals surface area contributed by atoms with E-state index in [1.165, 1.54) is 7.11 Å². The Hall–Kier alpha value is -5.24. The van der Waals surface area contributed by atoms with Gasteiger partial charge in [0.05, 0.1) is 31.5 Å². The van der Waals surface area contributed by atoms with E-state index in [2.05, 4.69) is 10.6 Å². The van der Waals surface area contributed by atoms with Crippen molar-refractivity contribution in [3.63, 3.8) is 0 Å². The molecule has 0 fully saturated rings. The molecule has 5 rings (SSSR count). The number of para-hydroxylation sites is 1. The van der Waals surface area contributed by atoms with Crippen molar-refractivity contribution in [2.24, 2.45) is 0 Å². The molecular formula is C32H27N3O5. The van der Waals surface area contributed by atoms with Crippen molar-refractivity contribution >= 4 is 29.4 Å². The van der Waals surface area contributed by atoms with Crippen LogP contribution in [0.25, 0.3) is 0 Å². The van der Waals surface area contributed by atoms with Gasteiger partial charge < -0.3 is 20.3 Å². The van der Waals surface area contributed by atoms with Crippen molar-refractivity contribution in [1.82, 2.24) is 10.6 Å². The number of esters is 1. The van der Waals surface area contributed by atoms with Crippen LogP contribution in [0.15, 0.2) is 109 Å². The van der Waals surface area contributed by atoms with Gasteiger partial charge in [0.15, 0.2) is 5.54 Å². The standard InChI is InChI=1S/C32H27N3O5/c1-40-30(38)25-16-10-11-22(19-25)20-35-27-18-9-8-17-26(27)32(31(35)39,34-29(37)24-14-6-3-7-15-24)21-33-28(36)23-12-4-2-5-13-23/h2-19H,20-21H2,1H3,(H,33,36)(H,34,37). The minimum atomic E-state index is -1.58. The fourth-order valence-electron chi connectivity index (χ4n) is 4.87. The van der Waals surface area contributed by atoms with Crippen LogP contribution in [-0.4, -0.2) is 37.3 Å². The summed E-state index contributed by atoms with van der Waals surface area (Å²) >= 11 is 0. The molecule has 3 amide bonds. The van der Waals surface area contributed by atoms with Crippen LogP contribution in [0.4, 0.5) is 5.69 Å². The normalized spacial score (nSPS) is 15.7. The van der Waals surface area contributed by atoms with Crippen molar-refractivity contribution < 1.29 is 23.9 Å². The molecule has 200 valence electrons. The van der Waals surface area contributed by atoms with Crippen molar-refractivity contribution in [2.45, 2.75) is 12.1 Å². The summed E-state index contributed by atoms with van der Waals surface area (Å²) in [7, 11) is 1.31. The molecule has 1 heterocycles. The van der Waals surface area contributed by atoms with E-state index in [-0.39, 0.29) is 19.0 Å². The second kappa shape index (κ2) is 11.2. The molecule has 0 saturated carbocycles. The Labute approximate surface area is 231 Å². The van der Waals surface area contributed by atoms with E-state index in [9.17, 15) is 19.2 Å². The zero-order valence-electron chi connectivity index (χ0n) is 21.8. The lowest BCUT2D eigenvalue weighted by atomic mass is 9.90. The van der Waals surface area contributed by atoms with Gasteiger partial charge in [-0.2, -0.15) is 0 Å². The first-order chi connectivity index (χ1) is 19.4. The molecule has 0 saturated heterocycles. The molecule has 0 aromatic heterocycles. The first kappa shape index (κ1) is 26.4. The lowest BCUT2D eigenvalue weighted by molar-refractivity contribution is -0.124. The number of carbonyl (C=O) groups excluding carboxylic acids is 4. The van der Waals surface area contributed by atoms with Crippen LogP contribution in [0, 0.1) is 0 Å². The Kier molecular flexibility index (Phi) is 7.41. The number of methoxy groups -OCH3 is 1. The second-order valence-corrected chi connectivity index (χ2v) is 9.37. The zero-order chi connectivity index (χ0) is 28.1. The Morgan fingerprint density at radius 3 is 2.02 bits per heavy atom. The predicted molar refractivity (Wildman–Crippen MR) is 150 cm³/mol. The van der Waals surface area contributed by atoms with Gasteiger partial charge >= 0.3 is 5.97 Å². The average molecular weight is 534 g/mol. The van der Waals surface area contributed by atoms with Crippen molar-refractivity contribution in [3.05, 3.63) is 137 Å². The van der Waals surface area contributed by atoms with Gasteiger partial charge in [0.2, 0.25) is 0 Å². The number of nitrogens with zero attached hydrogens (tertiary/aromatic N) is 1. The van der Waals surface area contributed by atoms with Gasteiger partial charge in [-0.1, -0.05) is 66.7 Å². The molecule has 0 aliphatic carbocycles. The number of amides is 3. The largest absolute Gasteiger partial charge is 0.465 e. The number of rotatable bonds is 8. The van der Waals surface area contributed by atoms with Gasteiger partial charge in [-0.25, -0.2) is 4.79 Å². The molecule has 0 bridgehead atoms. The highest BCUT2D eigenvalue weighted by atomic mass is 16.5. The van der Waals surface area contributed by atoms with Gasteiger partial charge in [0.1, 0.15) is 0 Å². The van der Waals surface area contributed by atoms with Gasteiger partial charge in [-0.15, -0.1) is 0 Å². The first-order valence-corrected chi connectivity index (χ1v) is 12.7. The predicted octanol–water partition coefficient (Wildman–Crippen LogP) is 4.08. The Morgan fingerprint density at radius 2 is 1.35 bits per heavy atom. The highest BCUT2D eigenvalue weighted by Crippen LogP contribution is 2.41. The number of fused-ring (bicyclic) bond motifs is 1. The molecule has 8 nitrogen and oxygen atoms in total. The fourth-order valence-corrected chi connectivity index (χ4v) is 4.87.